The van der Waals surface area contributed by atoms with Gasteiger partial charge in [-0.3, -0.25) is 4.79 Å². The Labute approximate surface area is 113 Å². The van der Waals surface area contributed by atoms with Crippen molar-refractivity contribution in [3.63, 3.8) is 0 Å². The number of carbonyl (C=O) groups excluding carboxylic acids is 2. The highest BCUT2D eigenvalue weighted by Crippen LogP contribution is 2.25. The van der Waals surface area contributed by atoms with Crippen molar-refractivity contribution >= 4 is 18.1 Å². The maximum Gasteiger partial charge on any atom is 0.361 e. The van der Waals surface area contributed by atoms with Crippen LogP contribution >= 0.6 is 0 Å². The molecule has 2 aromatic rings. The third-order valence-corrected chi connectivity index (χ3v) is 2.89. The van der Waals surface area contributed by atoms with Crippen LogP contribution in [-0.4, -0.2) is 40.1 Å². The van der Waals surface area contributed by atoms with Gasteiger partial charge in [0.25, 0.3) is 5.91 Å². The average molecular weight is 270 g/mol. The number of esters is 1. The molecule has 1 aliphatic heterocycles. The second-order valence-electron chi connectivity index (χ2n) is 4.11. The van der Waals surface area contributed by atoms with Crippen molar-refractivity contribution in [1.29, 1.82) is 0 Å². The second-order valence-corrected chi connectivity index (χ2v) is 4.11. The minimum atomic E-state index is -0.556. The van der Waals surface area contributed by atoms with Gasteiger partial charge >= 0.3 is 5.97 Å². The number of ether oxygens (including phenoxy) is 1. The van der Waals surface area contributed by atoms with E-state index in [1.807, 2.05) is 0 Å². The lowest BCUT2D eigenvalue weighted by atomic mass is 10.0. The van der Waals surface area contributed by atoms with E-state index in [4.69, 9.17) is 4.74 Å². The lowest BCUT2D eigenvalue weighted by molar-refractivity contribution is 0.0520. The van der Waals surface area contributed by atoms with Crippen LogP contribution in [0.2, 0.25) is 0 Å². The van der Waals surface area contributed by atoms with Crippen LogP contribution in [0.1, 0.15) is 33.3 Å². The summed E-state index contributed by atoms with van der Waals surface area (Å²) in [7, 11) is 0. The van der Waals surface area contributed by atoms with Crippen LogP contribution in [0.25, 0.3) is 11.3 Å². The van der Waals surface area contributed by atoms with Gasteiger partial charge in [0.1, 0.15) is 5.69 Å². The third-order valence-electron chi connectivity index (χ3n) is 2.89. The molecule has 1 aliphatic rings. The zero-order valence-electron chi connectivity index (χ0n) is 10.6. The number of benzene rings is 1. The number of nitrogens with zero attached hydrogens (tertiary/aromatic N) is 3. The molecule has 2 heterocycles. The average Bonchev–Trinajstić information content (AvgIpc) is 3.06. The maximum absolute atomic E-state index is 11.8. The molecule has 1 amide bonds. The molecule has 100 valence electrons. The molecular formula is C13H10N4O3. The topological polar surface area (TPSA) is 97.3 Å². The van der Waals surface area contributed by atoms with Crippen LogP contribution in [-0.2, 0) is 4.74 Å². The number of amides is 1. The van der Waals surface area contributed by atoms with Crippen LogP contribution in [0.4, 0.5) is 0 Å². The van der Waals surface area contributed by atoms with Crippen molar-refractivity contribution in [1.82, 2.24) is 15.4 Å². The van der Waals surface area contributed by atoms with Crippen molar-refractivity contribution in [2.75, 3.05) is 6.61 Å². The van der Waals surface area contributed by atoms with Crippen molar-refractivity contribution in [3.8, 4) is 11.3 Å². The van der Waals surface area contributed by atoms with Gasteiger partial charge in [0.2, 0.25) is 0 Å². The van der Waals surface area contributed by atoms with Gasteiger partial charge < -0.3 is 4.74 Å². The molecule has 3 rings (SSSR count). The largest absolute Gasteiger partial charge is 0.461 e. The number of aromatic amines is 1. The first kappa shape index (κ1) is 12.2. The van der Waals surface area contributed by atoms with Gasteiger partial charge in [-0.25, -0.2) is 9.79 Å². The molecular weight excluding hydrogens is 260 g/mol. The highest BCUT2D eigenvalue weighted by Gasteiger charge is 2.22. The first-order chi connectivity index (χ1) is 9.70. The Balaban J connectivity index is 2.03. The van der Waals surface area contributed by atoms with E-state index in [0.717, 1.165) is 5.56 Å². The maximum atomic E-state index is 11.8. The SMILES string of the molecule is CCOC(=O)c1n[nH]nc1-c1ccc2c(c1)C(=O)N=C2. The fourth-order valence-corrected chi connectivity index (χ4v) is 1.97. The molecule has 0 aliphatic carbocycles. The molecule has 0 fully saturated rings. The number of hydrogen-bond acceptors (Lipinski definition) is 5. The summed E-state index contributed by atoms with van der Waals surface area (Å²) >= 11 is 0. The standard InChI is InChI=1S/C13H10N4O3/c1-2-20-13(19)11-10(15-17-16-11)7-3-4-8-6-14-12(18)9(8)5-7/h3-6H,2H2,1H3,(H,15,16,17). The first-order valence-electron chi connectivity index (χ1n) is 6.01. The van der Waals surface area contributed by atoms with Gasteiger partial charge in [0.15, 0.2) is 5.69 Å². The number of hydrogen-bond donors (Lipinski definition) is 1. The Morgan fingerprint density at radius 3 is 3.00 bits per heavy atom. The number of fused-ring (bicyclic) bond motifs is 1. The Morgan fingerprint density at radius 1 is 1.35 bits per heavy atom. The minimum absolute atomic E-state index is 0.0955. The van der Waals surface area contributed by atoms with E-state index in [1.54, 1.807) is 25.1 Å². The molecule has 7 nitrogen and oxygen atoms in total. The van der Waals surface area contributed by atoms with Gasteiger partial charge in [-0.05, 0) is 13.0 Å². The Bertz CT molecular complexity index is 733. The van der Waals surface area contributed by atoms with Gasteiger partial charge in [-0.15, -0.1) is 5.10 Å². The van der Waals surface area contributed by atoms with Crippen molar-refractivity contribution in [3.05, 3.63) is 35.0 Å². The smallest absolute Gasteiger partial charge is 0.361 e. The van der Waals surface area contributed by atoms with Crippen molar-refractivity contribution in [2.24, 2.45) is 4.99 Å². The zero-order valence-corrected chi connectivity index (χ0v) is 10.6. The minimum Gasteiger partial charge on any atom is -0.461 e. The molecule has 0 radical (unpaired) electrons. The predicted molar refractivity (Wildman–Crippen MR) is 69.7 cm³/mol. The Hall–Kier alpha value is -2.83. The van der Waals surface area contributed by atoms with Crippen LogP contribution < -0.4 is 0 Å². The lowest BCUT2D eigenvalue weighted by Crippen LogP contribution is -2.07. The van der Waals surface area contributed by atoms with Crippen molar-refractivity contribution in [2.45, 2.75) is 6.92 Å². The van der Waals surface area contributed by atoms with Crippen molar-refractivity contribution < 1.29 is 14.3 Å². The van der Waals surface area contributed by atoms with Gasteiger partial charge in [0.05, 0.1) is 12.2 Å². The van der Waals surface area contributed by atoms with Crippen LogP contribution in [0.5, 0.6) is 0 Å². The molecule has 20 heavy (non-hydrogen) atoms. The zero-order chi connectivity index (χ0) is 14.1. The first-order valence-corrected chi connectivity index (χ1v) is 6.01. The van der Waals surface area contributed by atoms with Gasteiger partial charge in [-0.2, -0.15) is 10.3 Å². The Morgan fingerprint density at radius 2 is 2.20 bits per heavy atom. The molecule has 0 bridgehead atoms. The van der Waals surface area contributed by atoms with Crippen LogP contribution in [0.3, 0.4) is 0 Å². The number of rotatable bonds is 3. The van der Waals surface area contributed by atoms with Gasteiger partial charge in [-0.1, -0.05) is 12.1 Å². The molecule has 0 saturated heterocycles. The van der Waals surface area contributed by atoms with E-state index in [0.29, 0.717) is 16.8 Å². The molecule has 1 N–H and O–H groups in total. The fraction of sp³-hybridized carbons (Fsp3) is 0.154. The molecule has 1 aromatic heterocycles. The summed E-state index contributed by atoms with van der Waals surface area (Å²) in [6.07, 6.45) is 1.51. The van der Waals surface area contributed by atoms with E-state index in [2.05, 4.69) is 20.4 Å². The molecule has 0 unspecified atom stereocenters. The number of aromatic nitrogens is 3. The summed E-state index contributed by atoms with van der Waals surface area (Å²) in [6.45, 7) is 1.96. The summed E-state index contributed by atoms with van der Waals surface area (Å²) in [5, 5.41) is 10.1. The Kier molecular flexibility index (Phi) is 2.86. The molecule has 7 heteroatoms. The van der Waals surface area contributed by atoms with Crippen LogP contribution in [0.15, 0.2) is 23.2 Å². The highest BCUT2D eigenvalue weighted by atomic mass is 16.5. The summed E-state index contributed by atoms with van der Waals surface area (Å²) in [4.78, 5) is 27.1. The van der Waals surface area contributed by atoms with Gasteiger partial charge in [0, 0.05) is 17.3 Å². The van der Waals surface area contributed by atoms with Crippen LogP contribution in [0, 0.1) is 0 Å². The van der Waals surface area contributed by atoms with E-state index in [1.165, 1.54) is 6.21 Å². The molecule has 1 aromatic carbocycles. The van der Waals surface area contributed by atoms with E-state index in [9.17, 15) is 9.59 Å². The predicted octanol–water partition coefficient (Wildman–Crippen LogP) is 1.22. The number of nitrogens with one attached hydrogen (secondary N) is 1. The number of H-pyrrole nitrogens is 1. The fourth-order valence-electron chi connectivity index (χ4n) is 1.97. The number of carbonyl (C=O) groups is 2. The monoisotopic (exact) mass is 270 g/mol. The van der Waals surface area contributed by atoms with E-state index >= 15 is 0 Å². The highest BCUT2D eigenvalue weighted by molar-refractivity contribution is 6.13. The summed E-state index contributed by atoms with van der Waals surface area (Å²) in [5.41, 5.74) is 2.30. The normalized spacial score (nSPS) is 12.6. The summed E-state index contributed by atoms with van der Waals surface area (Å²) in [5.74, 6) is -0.859. The van der Waals surface area contributed by atoms with E-state index in [-0.39, 0.29) is 18.2 Å². The molecule has 0 spiro atoms. The summed E-state index contributed by atoms with van der Waals surface area (Å²) < 4.78 is 4.91. The molecule has 0 saturated carbocycles. The second kappa shape index (κ2) is 4.69. The molecule has 0 atom stereocenters. The number of aliphatic imine (C=N–C) groups is 1. The third kappa shape index (κ3) is 1.89. The lowest BCUT2D eigenvalue weighted by Gasteiger charge is -2.03. The quantitative estimate of drug-likeness (QED) is 0.846. The van der Waals surface area contributed by atoms with E-state index < -0.39 is 5.97 Å². The summed E-state index contributed by atoms with van der Waals surface area (Å²) in [6, 6.07) is 5.15.